The van der Waals surface area contributed by atoms with Crippen LogP contribution in [0.15, 0.2) is 47.4 Å². The van der Waals surface area contributed by atoms with E-state index in [0.29, 0.717) is 16.3 Å². The van der Waals surface area contributed by atoms with E-state index in [-0.39, 0.29) is 16.8 Å². The van der Waals surface area contributed by atoms with Gasteiger partial charge in [0.05, 0.1) is 4.90 Å². The Labute approximate surface area is 146 Å². The maximum atomic E-state index is 12.2. The molecule has 2 aromatic carbocycles. The zero-order valence-corrected chi connectivity index (χ0v) is 14.6. The minimum atomic E-state index is -3.51. The van der Waals surface area contributed by atoms with Crippen molar-refractivity contribution in [3.05, 3.63) is 58.6 Å². The highest BCUT2D eigenvalue weighted by molar-refractivity contribution is 7.89. The third kappa shape index (κ3) is 3.95. The van der Waals surface area contributed by atoms with Crippen molar-refractivity contribution in [2.24, 2.45) is 0 Å². The fourth-order valence-corrected chi connectivity index (χ4v) is 3.63. The zero-order valence-electron chi connectivity index (χ0n) is 13.0. The smallest absolute Gasteiger partial charge is 0.255 e. The van der Waals surface area contributed by atoms with Crippen molar-refractivity contribution in [3.63, 3.8) is 0 Å². The first kappa shape index (κ1) is 17.0. The van der Waals surface area contributed by atoms with E-state index in [4.69, 9.17) is 11.6 Å². The van der Waals surface area contributed by atoms with Crippen LogP contribution in [0.25, 0.3) is 0 Å². The van der Waals surface area contributed by atoms with Crippen LogP contribution in [0.5, 0.6) is 0 Å². The lowest BCUT2D eigenvalue weighted by molar-refractivity contribution is 0.102. The Morgan fingerprint density at radius 2 is 1.79 bits per heavy atom. The third-order valence-electron chi connectivity index (χ3n) is 3.76. The number of rotatable bonds is 5. The maximum Gasteiger partial charge on any atom is 0.255 e. The molecule has 0 radical (unpaired) electrons. The predicted molar refractivity (Wildman–Crippen MR) is 93.9 cm³/mol. The topological polar surface area (TPSA) is 75.3 Å². The molecule has 3 rings (SSSR count). The Morgan fingerprint density at radius 3 is 2.38 bits per heavy atom. The van der Waals surface area contributed by atoms with E-state index in [1.165, 1.54) is 24.3 Å². The molecule has 1 aliphatic rings. The zero-order chi connectivity index (χ0) is 17.3. The monoisotopic (exact) mass is 364 g/mol. The fourth-order valence-electron chi connectivity index (χ4n) is 2.15. The Morgan fingerprint density at radius 1 is 1.12 bits per heavy atom. The van der Waals surface area contributed by atoms with Gasteiger partial charge >= 0.3 is 0 Å². The molecule has 0 spiro atoms. The Bertz CT molecular complexity index is 875. The van der Waals surface area contributed by atoms with Crippen molar-refractivity contribution in [3.8, 4) is 0 Å². The summed E-state index contributed by atoms with van der Waals surface area (Å²) in [6.45, 7) is 1.88. The van der Waals surface area contributed by atoms with Crippen LogP contribution in [0, 0.1) is 6.92 Å². The third-order valence-corrected chi connectivity index (χ3v) is 5.70. The van der Waals surface area contributed by atoms with Crippen molar-refractivity contribution < 1.29 is 13.2 Å². The average Bonchev–Trinajstić information content (AvgIpc) is 3.34. The van der Waals surface area contributed by atoms with E-state index in [1.54, 1.807) is 12.1 Å². The van der Waals surface area contributed by atoms with E-state index >= 15 is 0 Å². The molecule has 2 N–H and O–H groups in total. The molecule has 24 heavy (non-hydrogen) atoms. The van der Waals surface area contributed by atoms with Crippen LogP contribution in [-0.4, -0.2) is 20.4 Å². The Kier molecular flexibility index (Phi) is 4.62. The Hall–Kier alpha value is -1.89. The summed E-state index contributed by atoms with van der Waals surface area (Å²) in [6, 6.07) is 11.1. The van der Waals surface area contributed by atoms with Gasteiger partial charge in [0, 0.05) is 22.3 Å². The average molecular weight is 365 g/mol. The summed E-state index contributed by atoms with van der Waals surface area (Å²) in [5.74, 6) is -0.325. The highest BCUT2D eigenvalue weighted by atomic mass is 35.5. The summed E-state index contributed by atoms with van der Waals surface area (Å²) < 4.78 is 26.8. The van der Waals surface area contributed by atoms with Crippen molar-refractivity contribution in [2.75, 3.05) is 5.32 Å². The second-order valence-electron chi connectivity index (χ2n) is 5.84. The number of hydrogen-bond donors (Lipinski definition) is 2. The summed E-state index contributed by atoms with van der Waals surface area (Å²) in [6.07, 6.45) is 1.75. The number of benzene rings is 2. The molecular formula is C17H17ClN2O3S. The van der Waals surface area contributed by atoms with Gasteiger partial charge in [-0.05, 0) is 61.7 Å². The number of amides is 1. The van der Waals surface area contributed by atoms with Crippen LogP contribution in [-0.2, 0) is 10.0 Å². The van der Waals surface area contributed by atoms with Gasteiger partial charge in [-0.15, -0.1) is 0 Å². The number of nitrogens with one attached hydrogen (secondary N) is 2. The molecule has 0 unspecified atom stereocenters. The number of sulfonamides is 1. The number of carbonyl (C=O) groups is 1. The summed E-state index contributed by atoms with van der Waals surface area (Å²) in [7, 11) is -3.51. The highest BCUT2D eigenvalue weighted by Crippen LogP contribution is 2.23. The van der Waals surface area contributed by atoms with Crippen LogP contribution in [0.3, 0.4) is 0 Å². The minimum Gasteiger partial charge on any atom is -0.322 e. The second kappa shape index (κ2) is 6.55. The lowest BCUT2D eigenvalue weighted by Crippen LogP contribution is -2.25. The molecule has 0 atom stereocenters. The lowest BCUT2D eigenvalue weighted by atomic mass is 10.2. The van der Waals surface area contributed by atoms with Crippen molar-refractivity contribution in [2.45, 2.75) is 30.7 Å². The molecule has 0 heterocycles. The molecule has 1 saturated carbocycles. The first-order valence-electron chi connectivity index (χ1n) is 7.55. The van der Waals surface area contributed by atoms with Crippen LogP contribution in [0.1, 0.15) is 28.8 Å². The molecule has 0 bridgehead atoms. The standard InChI is InChI=1S/C17H17ClN2O3S/c1-11-2-5-14(10-16(11)18)19-17(21)12-3-8-15(9-4-12)24(22,23)20-13-6-7-13/h2-5,8-10,13,20H,6-7H2,1H3,(H,19,21). The largest absolute Gasteiger partial charge is 0.322 e. The van der Waals surface area contributed by atoms with Crippen LogP contribution >= 0.6 is 11.6 Å². The SMILES string of the molecule is Cc1ccc(NC(=O)c2ccc(S(=O)(=O)NC3CC3)cc2)cc1Cl. The number of aryl methyl sites for hydroxylation is 1. The normalized spacial score (nSPS) is 14.4. The number of anilines is 1. The molecule has 1 fully saturated rings. The van der Waals surface area contributed by atoms with Gasteiger partial charge in [0.1, 0.15) is 0 Å². The molecule has 126 valence electrons. The fraction of sp³-hybridized carbons (Fsp3) is 0.235. The van der Waals surface area contributed by atoms with Gasteiger partial charge in [-0.25, -0.2) is 13.1 Å². The van der Waals surface area contributed by atoms with Crippen molar-refractivity contribution in [1.82, 2.24) is 4.72 Å². The minimum absolute atomic E-state index is 0.0456. The first-order chi connectivity index (χ1) is 11.3. The van der Waals surface area contributed by atoms with Crippen LogP contribution < -0.4 is 10.0 Å². The van der Waals surface area contributed by atoms with E-state index in [9.17, 15) is 13.2 Å². The summed E-state index contributed by atoms with van der Waals surface area (Å²) >= 11 is 6.04. The Balaban J connectivity index is 1.72. The number of hydrogen-bond acceptors (Lipinski definition) is 3. The van der Waals surface area contributed by atoms with Gasteiger partial charge in [0.25, 0.3) is 5.91 Å². The molecule has 0 saturated heterocycles. The molecule has 0 aliphatic heterocycles. The quantitative estimate of drug-likeness (QED) is 0.854. The molecule has 0 aromatic heterocycles. The van der Waals surface area contributed by atoms with E-state index in [1.807, 2.05) is 13.0 Å². The molecule has 7 heteroatoms. The first-order valence-corrected chi connectivity index (χ1v) is 9.41. The van der Waals surface area contributed by atoms with Gasteiger partial charge < -0.3 is 5.32 Å². The molecule has 1 amide bonds. The predicted octanol–water partition coefficient (Wildman–Crippen LogP) is 3.34. The van der Waals surface area contributed by atoms with E-state index < -0.39 is 10.0 Å². The molecular weight excluding hydrogens is 348 g/mol. The van der Waals surface area contributed by atoms with E-state index in [0.717, 1.165) is 18.4 Å². The molecule has 1 aliphatic carbocycles. The van der Waals surface area contributed by atoms with Crippen LogP contribution in [0.2, 0.25) is 5.02 Å². The van der Waals surface area contributed by atoms with Gasteiger partial charge in [0.2, 0.25) is 10.0 Å². The van der Waals surface area contributed by atoms with Gasteiger partial charge in [-0.1, -0.05) is 17.7 Å². The van der Waals surface area contributed by atoms with E-state index in [2.05, 4.69) is 10.0 Å². The number of carbonyl (C=O) groups excluding carboxylic acids is 1. The van der Waals surface area contributed by atoms with Crippen molar-refractivity contribution >= 4 is 33.2 Å². The number of halogens is 1. The lowest BCUT2D eigenvalue weighted by Gasteiger charge is -2.08. The van der Waals surface area contributed by atoms with Gasteiger partial charge in [0.15, 0.2) is 0 Å². The van der Waals surface area contributed by atoms with Gasteiger partial charge in [-0.3, -0.25) is 4.79 Å². The summed E-state index contributed by atoms with van der Waals surface area (Å²) in [5, 5.41) is 3.31. The highest BCUT2D eigenvalue weighted by Gasteiger charge is 2.27. The molecule has 5 nitrogen and oxygen atoms in total. The van der Waals surface area contributed by atoms with Crippen LogP contribution in [0.4, 0.5) is 5.69 Å². The maximum absolute atomic E-state index is 12.2. The molecule has 2 aromatic rings. The summed E-state index contributed by atoms with van der Waals surface area (Å²) in [5.41, 5.74) is 1.88. The second-order valence-corrected chi connectivity index (χ2v) is 7.96. The van der Waals surface area contributed by atoms with Gasteiger partial charge in [-0.2, -0.15) is 0 Å². The van der Waals surface area contributed by atoms with Crippen molar-refractivity contribution in [1.29, 1.82) is 0 Å². The summed E-state index contributed by atoms with van der Waals surface area (Å²) in [4.78, 5) is 12.4.